The molecular formula is C14H14O3. The molecule has 0 N–H and O–H groups in total. The number of carbonyl (C=O) groups is 2. The molecule has 1 aromatic rings. The summed E-state index contributed by atoms with van der Waals surface area (Å²) in [5.74, 6) is -0.523. The molecule has 1 unspecified atom stereocenters. The fourth-order valence-corrected chi connectivity index (χ4v) is 1.96. The van der Waals surface area contributed by atoms with Crippen LogP contribution >= 0.6 is 0 Å². The van der Waals surface area contributed by atoms with Crippen LogP contribution in [-0.4, -0.2) is 17.9 Å². The van der Waals surface area contributed by atoms with Crippen molar-refractivity contribution in [3.05, 3.63) is 42.0 Å². The standard InChI is InChI=1S/C14H14O3/c1-10(15)17-14-8-7-12(9-13(14)16)11-5-3-2-4-6-11/h2-6,9,14H,7-8H2,1H3. The molecule has 3 nitrogen and oxygen atoms in total. The largest absolute Gasteiger partial charge is 0.454 e. The molecule has 1 atom stereocenters. The molecule has 0 spiro atoms. The van der Waals surface area contributed by atoms with E-state index in [1.54, 1.807) is 6.08 Å². The highest BCUT2D eigenvalue weighted by Gasteiger charge is 2.25. The zero-order valence-corrected chi connectivity index (χ0v) is 9.68. The Kier molecular flexibility index (Phi) is 3.38. The second-order valence-electron chi connectivity index (χ2n) is 4.07. The number of carbonyl (C=O) groups excluding carboxylic acids is 2. The van der Waals surface area contributed by atoms with Crippen LogP contribution in [0.1, 0.15) is 25.3 Å². The molecule has 2 rings (SSSR count). The minimum Gasteiger partial charge on any atom is -0.454 e. The van der Waals surface area contributed by atoms with Crippen LogP contribution in [0.2, 0.25) is 0 Å². The van der Waals surface area contributed by atoms with Crippen molar-refractivity contribution >= 4 is 17.3 Å². The minimum atomic E-state index is -0.597. The van der Waals surface area contributed by atoms with Crippen molar-refractivity contribution in [2.45, 2.75) is 25.9 Å². The summed E-state index contributed by atoms with van der Waals surface area (Å²) in [6, 6.07) is 9.78. The molecule has 0 amide bonds. The number of rotatable bonds is 2. The second kappa shape index (κ2) is 4.95. The maximum absolute atomic E-state index is 11.8. The van der Waals surface area contributed by atoms with Crippen molar-refractivity contribution in [3.63, 3.8) is 0 Å². The Morgan fingerprint density at radius 1 is 1.29 bits per heavy atom. The van der Waals surface area contributed by atoms with Crippen molar-refractivity contribution in [2.75, 3.05) is 0 Å². The number of esters is 1. The van der Waals surface area contributed by atoms with Gasteiger partial charge in [-0.1, -0.05) is 30.3 Å². The summed E-state index contributed by atoms with van der Waals surface area (Å²) in [5, 5.41) is 0. The summed E-state index contributed by atoms with van der Waals surface area (Å²) < 4.78 is 4.95. The van der Waals surface area contributed by atoms with E-state index in [0.717, 1.165) is 17.6 Å². The van der Waals surface area contributed by atoms with Gasteiger partial charge in [-0.05, 0) is 30.1 Å². The fourth-order valence-electron chi connectivity index (χ4n) is 1.96. The summed E-state index contributed by atoms with van der Waals surface area (Å²) in [6.07, 6.45) is 2.32. The lowest BCUT2D eigenvalue weighted by molar-refractivity contribution is -0.151. The maximum atomic E-state index is 11.8. The number of ether oxygens (including phenoxy) is 1. The van der Waals surface area contributed by atoms with Crippen LogP contribution in [0, 0.1) is 0 Å². The first kappa shape index (κ1) is 11.6. The van der Waals surface area contributed by atoms with Gasteiger partial charge in [0, 0.05) is 6.92 Å². The molecule has 1 aliphatic rings. The quantitative estimate of drug-likeness (QED) is 0.732. The molecule has 1 aromatic carbocycles. The van der Waals surface area contributed by atoms with Gasteiger partial charge in [0.15, 0.2) is 11.9 Å². The number of ketones is 1. The van der Waals surface area contributed by atoms with Gasteiger partial charge >= 0.3 is 5.97 Å². The van der Waals surface area contributed by atoms with Crippen LogP contribution in [0.5, 0.6) is 0 Å². The lowest BCUT2D eigenvalue weighted by Gasteiger charge is -2.20. The van der Waals surface area contributed by atoms with Gasteiger partial charge < -0.3 is 4.74 Å². The third-order valence-electron chi connectivity index (χ3n) is 2.76. The van der Waals surface area contributed by atoms with Crippen LogP contribution in [0.15, 0.2) is 36.4 Å². The molecule has 1 aliphatic carbocycles. The molecule has 0 saturated heterocycles. The molecular weight excluding hydrogens is 216 g/mol. The highest BCUT2D eigenvalue weighted by Crippen LogP contribution is 2.26. The Morgan fingerprint density at radius 2 is 2.00 bits per heavy atom. The molecule has 88 valence electrons. The van der Waals surface area contributed by atoms with E-state index in [2.05, 4.69) is 0 Å². The first-order valence-corrected chi connectivity index (χ1v) is 5.64. The van der Waals surface area contributed by atoms with E-state index in [4.69, 9.17) is 4.74 Å². The summed E-state index contributed by atoms with van der Waals surface area (Å²) >= 11 is 0. The van der Waals surface area contributed by atoms with Crippen molar-refractivity contribution in [3.8, 4) is 0 Å². The monoisotopic (exact) mass is 230 g/mol. The molecule has 0 saturated carbocycles. The van der Waals surface area contributed by atoms with E-state index < -0.39 is 12.1 Å². The van der Waals surface area contributed by atoms with Crippen molar-refractivity contribution in [2.24, 2.45) is 0 Å². The van der Waals surface area contributed by atoms with E-state index >= 15 is 0 Å². The topological polar surface area (TPSA) is 43.4 Å². The van der Waals surface area contributed by atoms with Gasteiger partial charge in [0.05, 0.1) is 0 Å². The summed E-state index contributed by atoms with van der Waals surface area (Å²) in [4.78, 5) is 22.6. The van der Waals surface area contributed by atoms with Crippen LogP contribution in [0.4, 0.5) is 0 Å². The van der Waals surface area contributed by atoms with Crippen molar-refractivity contribution in [1.29, 1.82) is 0 Å². The maximum Gasteiger partial charge on any atom is 0.303 e. The molecule has 0 fully saturated rings. The zero-order chi connectivity index (χ0) is 12.3. The summed E-state index contributed by atoms with van der Waals surface area (Å²) in [5.41, 5.74) is 2.07. The normalized spacial score (nSPS) is 19.7. The predicted molar refractivity (Wildman–Crippen MR) is 64.2 cm³/mol. The molecule has 0 aliphatic heterocycles. The molecule has 0 aromatic heterocycles. The third-order valence-corrected chi connectivity index (χ3v) is 2.76. The number of hydrogen-bond acceptors (Lipinski definition) is 3. The van der Waals surface area contributed by atoms with E-state index in [0.29, 0.717) is 6.42 Å². The van der Waals surface area contributed by atoms with Gasteiger partial charge in [-0.3, -0.25) is 9.59 Å². The lowest BCUT2D eigenvalue weighted by Crippen LogP contribution is -2.27. The van der Waals surface area contributed by atoms with Gasteiger partial charge in [0.1, 0.15) is 0 Å². The minimum absolute atomic E-state index is 0.120. The van der Waals surface area contributed by atoms with Gasteiger partial charge in [0.25, 0.3) is 0 Å². The van der Waals surface area contributed by atoms with Crippen molar-refractivity contribution < 1.29 is 14.3 Å². The van der Waals surface area contributed by atoms with E-state index in [9.17, 15) is 9.59 Å². The average Bonchev–Trinajstić information content (AvgIpc) is 2.32. The molecule has 17 heavy (non-hydrogen) atoms. The van der Waals surface area contributed by atoms with Crippen LogP contribution < -0.4 is 0 Å². The lowest BCUT2D eigenvalue weighted by atomic mass is 9.91. The Balaban J connectivity index is 2.15. The van der Waals surface area contributed by atoms with Gasteiger partial charge in [-0.25, -0.2) is 0 Å². The summed E-state index contributed by atoms with van der Waals surface area (Å²) in [6.45, 7) is 1.32. The summed E-state index contributed by atoms with van der Waals surface area (Å²) in [7, 11) is 0. The molecule has 0 bridgehead atoms. The number of hydrogen-bond donors (Lipinski definition) is 0. The average molecular weight is 230 g/mol. The second-order valence-corrected chi connectivity index (χ2v) is 4.07. The first-order chi connectivity index (χ1) is 8.16. The number of allylic oxidation sites excluding steroid dienone is 1. The highest BCUT2D eigenvalue weighted by atomic mass is 16.5. The smallest absolute Gasteiger partial charge is 0.303 e. The molecule has 0 radical (unpaired) electrons. The highest BCUT2D eigenvalue weighted by molar-refractivity contribution is 6.02. The van der Waals surface area contributed by atoms with Crippen LogP contribution in [0.25, 0.3) is 5.57 Å². The van der Waals surface area contributed by atoms with Gasteiger partial charge in [-0.15, -0.1) is 0 Å². The number of benzene rings is 1. The zero-order valence-electron chi connectivity index (χ0n) is 9.68. The van der Waals surface area contributed by atoms with Crippen LogP contribution in [-0.2, 0) is 14.3 Å². The Bertz CT molecular complexity index is 460. The predicted octanol–water partition coefficient (Wildman–Crippen LogP) is 2.36. The Hall–Kier alpha value is -1.90. The third kappa shape index (κ3) is 2.81. The van der Waals surface area contributed by atoms with Crippen molar-refractivity contribution in [1.82, 2.24) is 0 Å². The van der Waals surface area contributed by atoms with Gasteiger partial charge in [0.2, 0.25) is 0 Å². The van der Waals surface area contributed by atoms with E-state index in [1.165, 1.54) is 6.92 Å². The molecule has 0 heterocycles. The first-order valence-electron chi connectivity index (χ1n) is 5.64. The fraction of sp³-hybridized carbons (Fsp3) is 0.286. The van der Waals surface area contributed by atoms with Crippen LogP contribution in [0.3, 0.4) is 0 Å². The van der Waals surface area contributed by atoms with E-state index in [1.807, 2.05) is 30.3 Å². The molecule has 3 heteroatoms. The Labute approximate surface area is 100 Å². The van der Waals surface area contributed by atoms with E-state index in [-0.39, 0.29) is 5.78 Å². The van der Waals surface area contributed by atoms with Gasteiger partial charge in [-0.2, -0.15) is 0 Å². The Morgan fingerprint density at radius 3 is 2.59 bits per heavy atom. The SMILES string of the molecule is CC(=O)OC1CCC(c2ccccc2)=CC1=O.